The molecule has 0 aliphatic carbocycles. The summed E-state index contributed by atoms with van der Waals surface area (Å²) in [6.45, 7) is 4.15. The molecule has 0 aromatic heterocycles. The molecule has 0 spiro atoms. The SMILES string of the molecule is CCC1OC(O)C(NC(=O)c2ccccc2P(=O)(c2ccccc2)c2ccccc2)[C@@H](OC(C)=O)[C@H]1OC(C)=O. The lowest BCUT2D eigenvalue weighted by atomic mass is 9.94. The molecule has 1 saturated heterocycles. The van der Waals surface area contributed by atoms with Crippen molar-refractivity contribution in [3.8, 4) is 0 Å². The minimum atomic E-state index is -3.53. The number of esters is 2. The van der Waals surface area contributed by atoms with E-state index in [-0.39, 0.29) is 5.56 Å². The summed E-state index contributed by atoms with van der Waals surface area (Å²) in [5.41, 5.74) is 0.106. The number of hydrogen-bond acceptors (Lipinski definition) is 8. The predicted molar refractivity (Wildman–Crippen MR) is 149 cm³/mol. The van der Waals surface area contributed by atoms with Crippen molar-refractivity contribution >= 4 is 40.9 Å². The van der Waals surface area contributed by atoms with Gasteiger partial charge in [0, 0.05) is 29.8 Å². The third-order valence-electron chi connectivity index (χ3n) is 6.70. The van der Waals surface area contributed by atoms with Gasteiger partial charge >= 0.3 is 11.9 Å². The molecule has 4 rings (SSSR count). The molecule has 9 nitrogen and oxygen atoms in total. The minimum absolute atomic E-state index is 0.106. The summed E-state index contributed by atoms with van der Waals surface area (Å²) in [5.74, 6) is -2.00. The lowest BCUT2D eigenvalue weighted by molar-refractivity contribution is -0.257. The molecule has 1 heterocycles. The summed E-state index contributed by atoms with van der Waals surface area (Å²) in [6.07, 6.45) is -4.32. The highest BCUT2D eigenvalue weighted by Gasteiger charge is 2.49. The van der Waals surface area contributed by atoms with E-state index in [1.165, 1.54) is 13.8 Å². The maximum absolute atomic E-state index is 15.0. The van der Waals surface area contributed by atoms with E-state index in [4.69, 9.17) is 14.2 Å². The maximum Gasteiger partial charge on any atom is 0.303 e. The number of hydrogen-bond donors (Lipinski definition) is 2. The van der Waals surface area contributed by atoms with Crippen molar-refractivity contribution in [1.82, 2.24) is 5.32 Å². The molecule has 1 aliphatic heterocycles. The van der Waals surface area contributed by atoms with Crippen LogP contribution in [0.5, 0.6) is 0 Å². The quantitative estimate of drug-likeness (QED) is 0.315. The molecule has 2 N–H and O–H groups in total. The largest absolute Gasteiger partial charge is 0.456 e. The second-order valence-corrected chi connectivity index (χ2v) is 12.2. The van der Waals surface area contributed by atoms with Crippen LogP contribution in [0.15, 0.2) is 84.9 Å². The lowest BCUT2D eigenvalue weighted by Crippen LogP contribution is -2.65. The number of aliphatic hydroxyl groups is 1. The molecule has 1 aliphatic rings. The van der Waals surface area contributed by atoms with Gasteiger partial charge in [-0.05, 0) is 12.5 Å². The smallest absolute Gasteiger partial charge is 0.303 e. The molecule has 5 atom stereocenters. The zero-order chi connectivity index (χ0) is 28.9. The van der Waals surface area contributed by atoms with Crippen LogP contribution in [0, 0.1) is 0 Å². The van der Waals surface area contributed by atoms with E-state index in [1.807, 2.05) is 12.1 Å². The Labute approximate surface area is 232 Å². The number of nitrogens with one attached hydrogen (secondary N) is 1. The molecule has 3 unspecified atom stereocenters. The van der Waals surface area contributed by atoms with E-state index >= 15 is 0 Å². The van der Waals surface area contributed by atoms with Crippen LogP contribution in [0.4, 0.5) is 0 Å². The summed E-state index contributed by atoms with van der Waals surface area (Å²) in [7, 11) is -3.53. The molecular formula is C30H32NO8P. The summed E-state index contributed by atoms with van der Waals surface area (Å²) in [6, 6.07) is 23.0. The zero-order valence-electron chi connectivity index (χ0n) is 22.4. The van der Waals surface area contributed by atoms with Crippen LogP contribution in [0.2, 0.25) is 0 Å². The molecule has 40 heavy (non-hydrogen) atoms. The molecule has 0 saturated carbocycles. The zero-order valence-corrected chi connectivity index (χ0v) is 23.3. The van der Waals surface area contributed by atoms with Crippen molar-refractivity contribution in [2.75, 3.05) is 0 Å². The Balaban J connectivity index is 1.77. The summed E-state index contributed by atoms with van der Waals surface area (Å²) in [4.78, 5) is 37.7. The van der Waals surface area contributed by atoms with Gasteiger partial charge in [0.1, 0.15) is 12.1 Å². The molecule has 0 radical (unpaired) electrons. The van der Waals surface area contributed by atoms with Crippen molar-refractivity contribution in [2.24, 2.45) is 0 Å². The lowest BCUT2D eigenvalue weighted by Gasteiger charge is -2.43. The van der Waals surface area contributed by atoms with Crippen LogP contribution in [0.3, 0.4) is 0 Å². The van der Waals surface area contributed by atoms with Gasteiger partial charge in [0.2, 0.25) is 0 Å². The van der Waals surface area contributed by atoms with Crippen molar-refractivity contribution in [3.63, 3.8) is 0 Å². The second kappa shape index (κ2) is 12.6. The highest BCUT2D eigenvalue weighted by atomic mass is 31.2. The molecule has 1 amide bonds. The van der Waals surface area contributed by atoms with E-state index in [1.54, 1.807) is 79.7 Å². The van der Waals surface area contributed by atoms with Gasteiger partial charge in [0.15, 0.2) is 25.6 Å². The molecule has 1 fully saturated rings. The highest BCUT2D eigenvalue weighted by molar-refractivity contribution is 7.85. The van der Waals surface area contributed by atoms with Gasteiger partial charge in [-0.3, -0.25) is 14.4 Å². The van der Waals surface area contributed by atoms with Crippen molar-refractivity contribution in [2.45, 2.75) is 57.8 Å². The molecule has 3 aromatic rings. The standard InChI is InChI=1S/C30H32NO8P/c1-4-24-27(37-19(2)32)28(38-20(3)33)26(30(35)39-24)31-29(34)23-17-11-12-18-25(23)40(36,21-13-7-5-8-14-21)22-15-9-6-10-16-22/h5-18,24,26-28,30,35H,4H2,1-3H3,(H,31,34)/t24?,26?,27-,28+,30?/m0/s1. The van der Waals surface area contributed by atoms with Crippen LogP contribution >= 0.6 is 7.14 Å². The van der Waals surface area contributed by atoms with E-state index in [9.17, 15) is 24.1 Å². The third kappa shape index (κ3) is 6.02. The fourth-order valence-electron chi connectivity index (χ4n) is 4.94. The Morgan fingerprint density at radius 1 is 0.825 bits per heavy atom. The number of amides is 1. The first-order chi connectivity index (χ1) is 19.2. The van der Waals surface area contributed by atoms with Crippen molar-refractivity contribution < 1.29 is 38.3 Å². The Morgan fingerprint density at radius 3 is 1.85 bits per heavy atom. The van der Waals surface area contributed by atoms with E-state index < -0.39 is 55.6 Å². The monoisotopic (exact) mass is 565 g/mol. The molecular weight excluding hydrogens is 533 g/mol. The Morgan fingerprint density at radius 2 is 1.32 bits per heavy atom. The molecule has 3 aromatic carbocycles. The number of benzene rings is 3. The van der Waals surface area contributed by atoms with Crippen LogP contribution in [0.25, 0.3) is 0 Å². The highest BCUT2D eigenvalue weighted by Crippen LogP contribution is 2.43. The fourth-order valence-corrected chi connectivity index (χ4v) is 7.79. The van der Waals surface area contributed by atoms with Gasteiger partial charge in [-0.1, -0.05) is 85.8 Å². The van der Waals surface area contributed by atoms with Gasteiger partial charge in [0.05, 0.1) is 5.56 Å². The van der Waals surface area contributed by atoms with Crippen LogP contribution < -0.4 is 21.2 Å². The van der Waals surface area contributed by atoms with E-state index in [2.05, 4.69) is 5.32 Å². The maximum atomic E-state index is 15.0. The van der Waals surface area contributed by atoms with Crippen molar-refractivity contribution in [1.29, 1.82) is 0 Å². The number of carbonyl (C=O) groups is 3. The van der Waals surface area contributed by atoms with Gasteiger partial charge < -0.3 is 29.2 Å². The molecule has 0 bridgehead atoms. The first kappa shape index (κ1) is 29.2. The third-order valence-corrected chi connectivity index (χ3v) is 9.82. The number of aliphatic hydroxyl groups excluding tert-OH is 1. The molecule has 210 valence electrons. The summed E-state index contributed by atoms with van der Waals surface area (Å²) < 4.78 is 31.5. The van der Waals surface area contributed by atoms with Gasteiger partial charge in [-0.2, -0.15) is 0 Å². The first-order valence-electron chi connectivity index (χ1n) is 13.0. The normalized spacial score (nSPS) is 22.6. The average molecular weight is 566 g/mol. The van der Waals surface area contributed by atoms with E-state index in [0.29, 0.717) is 22.3 Å². The number of rotatable bonds is 8. The van der Waals surface area contributed by atoms with Crippen LogP contribution in [-0.4, -0.2) is 53.6 Å². The van der Waals surface area contributed by atoms with Gasteiger partial charge in [-0.25, -0.2) is 0 Å². The van der Waals surface area contributed by atoms with Crippen LogP contribution in [0.1, 0.15) is 37.6 Å². The molecule has 10 heteroatoms. The van der Waals surface area contributed by atoms with Gasteiger partial charge in [0.25, 0.3) is 5.91 Å². The average Bonchev–Trinajstić information content (AvgIpc) is 2.96. The summed E-state index contributed by atoms with van der Waals surface area (Å²) >= 11 is 0. The number of ether oxygens (including phenoxy) is 3. The topological polar surface area (TPSA) is 128 Å². The number of carbonyl (C=O) groups excluding carboxylic acids is 3. The second-order valence-electron chi connectivity index (χ2n) is 9.42. The Hall–Kier alpha value is -3.78. The Bertz CT molecular complexity index is 1350. The van der Waals surface area contributed by atoms with Crippen LogP contribution in [-0.2, 0) is 28.4 Å². The van der Waals surface area contributed by atoms with Crippen molar-refractivity contribution in [3.05, 3.63) is 90.5 Å². The fraction of sp³-hybridized carbons (Fsp3) is 0.300. The Kier molecular flexibility index (Phi) is 9.20. The first-order valence-corrected chi connectivity index (χ1v) is 14.7. The van der Waals surface area contributed by atoms with Gasteiger partial charge in [-0.15, -0.1) is 0 Å². The minimum Gasteiger partial charge on any atom is -0.456 e. The summed E-state index contributed by atoms with van der Waals surface area (Å²) in [5, 5.41) is 14.9. The van der Waals surface area contributed by atoms with E-state index in [0.717, 1.165) is 0 Å². The predicted octanol–water partition coefficient (Wildman–Crippen LogP) is 2.42.